The number of halogens is 6. The van der Waals surface area contributed by atoms with Gasteiger partial charge >= 0.3 is 18.3 Å². The number of alkyl halides is 6. The maximum absolute atomic E-state index is 12.5. The van der Waals surface area contributed by atoms with E-state index in [9.17, 15) is 40.7 Å². The smallest absolute Gasteiger partial charge is 0.326 e. The predicted molar refractivity (Wildman–Crippen MR) is 83.3 cm³/mol. The SMILES string of the molecule is CC1CN(C(=O)c2ccc(C(=O)C(F)(F)F)s2)CC[N+]1(C)OC(=O)C(F)(F)F. The Balaban J connectivity index is 2.08. The number of hydroxylamine groups is 3. The molecule has 0 aliphatic carbocycles. The Labute approximate surface area is 158 Å². The lowest BCUT2D eigenvalue weighted by Gasteiger charge is -2.43. The Hall–Kier alpha value is -2.15. The average molecular weight is 433 g/mol. The van der Waals surface area contributed by atoms with Gasteiger partial charge in [-0.15, -0.1) is 16.0 Å². The second kappa shape index (κ2) is 7.35. The molecule has 0 bridgehead atoms. The molecular formula is C15H15F6N2O4S+. The molecule has 2 rings (SSSR count). The van der Waals surface area contributed by atoms with Gasteiger partial charge < -0.3 is 4.90 Å². The molecule has 2 heterocycles. The molecule has 1 aromatic heterocycles. The molecule has 1 saturated heterocycles. The van der Waals surface area contributed by atoms with Crippen molar-refractivity contribution < 1.29 is 50.2 Å². The lowest BCUT2D eigenvalue weighted by molar-refractivity contribution is -1.09. The molecule has 6 nitrogen and oxygen atoms in total. The summed E-state index contributed by atoms with van der Waals surface area (Å²) in [4.78, 5) is 39.8. The van der Waals surface area contributed by atoms with Crippen LogP contribution in [0.1, 0.15) is 26.3 Å². The number of amides is 1. The minimum Gasteiger partial charge on any atom is -0.326 e. The topological polar surface area (TPSA) is 63.7 Å². The first-order valence-corrected chi connectivity index (χ1v) is 8.63. The molecule has 1 aliphatic rings. The molecule has 2 unspecified atom stereocenters. The van der Waals surface area contributed by atoms with Gasteiger partial charge in [0.2, 0.25) is 0 Å². The fraction of sp³-hybridized carbons (Fsp3) is 0.533. The molecule has 2 atom stereocenters. The van der Waals surface area contributed by atoms with Crippen molar-refractivity contribution in [3.05, 3.63) is 21.9 Å². The molecule has 1 fully saturated rings. The molecular weight excluding hydrogens is 418 g/mol. The van der Waals surface area contributed by atoms with Crippen molar-refractivity contribution in [1.82, 2.24) is 4.90 Å². The monoisotopic (exact) mass is 433 g/mol. The number of carbonyl (C=O) groups excluding carboxylic acids is 3. The number of Topliss-reactive ketones (excluding diaryl/α,β-unsaturated/α-hetero) is 1. The first kappa shape index (κ1) is 22.1. The number of hydrogen-bond donors (Lipinski definition) is 0. The summed E-state index contributed by atoms with van der Waals surface area (Å²) in [6, 6.07) is 1.26. The Morgan fingerprint density at radius 3 is 2.18 bits per heavy atom. The van der Waals surface area contributed by atoms with E-state index in [0.717, 1.165) is 12.1 Å². The van der Waals surface area contributed by atoms with Crippen molar-refractivity contribution in [2.24, 2.45) is 0 Å². The van der Waals surface area contributed by atoms with E-state index in [2.05, 4.69) is 4.84 Å². The van der Waals surface area contributed by atoms with Crippen LogP contribution in [0, 0.1) is 0 Å². The maximum Gasteiger partial charge on any atom is 0.497 e. The van der Waals surface area contributed by atoms with Crippen molar-refractivity contribution in [2.45, 2.75) is 25.3 Å². The molecule has 0 saturated carbocycles. The molecule has 156 valence electrons. The number of piperazine rings is 1. The molecule has 13 heteroatoms. The number of quaternary nitrogens is 1. The van der Waals surface area contributed by atoms with Crippen LogP contribution in [0.3, 0.4) is 0 Å². The first-order chi connectivity index (χ1) is 12.6. The van der Waals surface area contributed by atoms with Crippen LogP contribution in [0.2, 0.25) is 0 Å². The summed E-state index contributed by atoms with van der Waals surface area (Å²) in [6.45, 7) is 1.14. The number of nitrogens with zero attached hydrogens (tertiary/aromatic N) is 2. The van der Waals surface area contributed by atoms with Gasteiger partial charge in [-0.25, -0.2) is 4.79 Å². The molecule has 1 aromatic rings. The van der Waals surface area contributed by atoms with Gasteiger partial charge in [-0.05, 0) is 19.1 Å². The third kappa shape index (κ3) is 4.63. The van der Waals surface area contributed by atoms with Crippen LogP contribution in [0.4, 0.5) is 26.3 Å². The van der Waals surface area contributed by atoms with Gasteiger partial charge in [-0.1, -0.05) is 0 Å². The minimum atomic E-state index is -5.16. The standard InChI is InChI=1S/C15H15F6N2O4S/c1-8-7-22(5-6-23(8,2)27-13(26)15(19,20)21)12(25)10-4-3-9(28-10)11(24)14(16,17)18/h3-4,8H,5-7H2,1-2H3/q+1. The van der Waals surface area contributed by atoms with Crippen molar-refractivity contribution in [1.29, 1.82) is 0 Å². The molecule has 1 amide bonds. The lowest BCUT2D eigenvalue weighted by atomic mass is 10.2. The predicted octanol–water partition coefficient (Wildman–Crippen LogP) is 2.80. The zero-order valence-corrected chi connectivity index (χ0v) is 15.4. The fourth-order valence-electron chi connectivity index (χ4n) is 2.55. The molecule has 0 spiro atoms. The third-order valence-corrected chi connectivity index (χ3v) is 5.41. The van der Waals surface area contributed by atoms with Crippen molar-refractivity contribution >= 4 is 29.0 Å². The fourth-order valence-corrected chi connectivity index (χ4v) is 3.49. The van der Waals surface area contributed by atoms with Crippen LogP contribution in [0.15, 0.2) is 12.1 Å². The van der Waals surface area contributed by atoms with Gasteiger partial charge in [0.25, 0.3) is 11.7 Å². The Bertz CT molecular complexity index is 790. The number of thiophene rings is 1. The molecule has 0 aromatic carbocycles. The second-order valence-corrected chi connectivity index (χ2v) is 7.45. The summed E-state index contributed by atoms with van der Waals surface area (Å²) >= 11 is 0.385. The van der Waals surface area contributed by atoms with Gasteiger partial charge in [0, 0.05) is 0 Å². The molecule has 0 N–H and O–H groups in total. The van der Waals surface area contributed by atoms with Crippen molar-refractivity contribution in [3.8, 4) is 0 Å². The van der Waals surface area contributed by atoms with Crippen LogP contribution in [0.5, 0.6) is 0 Å². The Morgan fingerprint density at radius 1 is 1.11 bits per heavy atom. The van der Waals surface area contributed by atoms with E-state index in [-0.39, 0.29) is 24.5 Å². The van der Waals surface area contributed by atoms with E-state index < -0.39 is 45.6 Å². The third-order valence-electron chi connectivity index (χ3n) is 4.34. The number of ketones is 1. The first-order valence-electron chi connectivity index (χ1n) is 7.82. The van der Waals surface area contributed by atoms with Gasteiger partial charge in [-0.2, -0.15) is 26.3 Å². The van der Waals surface area contributed by atoms with Gasteiger partial charge in [0.05, 0.1) is 22.8 Å². The maximum atomic E-state index is 12.5. The zero-order chi connectivity index (χ0) is 21.5. The zero-order valence-electron chi connectivity index (χ0n) is 14.6. The molecule has 0 radical (unpaired) electrons. The minimum absolute atomic E-state index is 0.0920. The normalized spacial score (nSPS) is 23.4. The summed E-state index contributed by atoms with van der Waals surface area (Å²) in [7, 11) is 1.27. The van der Waals surface area contributed by atoms with E-state index in [1.807, 2.05) is 0 Å². The Kier molecular flexibility index (Phi) is 5.81. The van der Waals surface area contributed by atoms with E-state index in [1.54, 1.807) is 0 Å². The van der Waals surface area contributed by atoms with E-state index in [1.165, 1.54) is 18.9 Å². The summed E-state index contributed by atoms with van der Waals surface area (Å²) < 4.78 is 74.0. The Morgan fingerprint density at radius 2 is 1.68 bits per heavy atom. The van der Waals surface area contributed by atoms with Crippen molar-refractivity contribution in [3.63, 3.8) is 0 Å². The highest BCUT2D eigenvalue weighted by molar-refractivity contribution is 7.16. The number of carbonyl (C=O) groups is 3. The van der Waals surface area contributed by atoms with Gasteiger partial charge in [0.15, 0.2) is 0 Å². The van der Waals surface area contributed by atoms with Crippen molar-refractivity contribution in [2.75, 3.05) is 26.7 Å². The number of likely N-dealkylation sites (N-methyl/N-ethyl adjacent to an activating group) is 1. The van der Waals surface area contributed by atoms with Crippen LogP contribution in [-0.2, 0) is 9.63 Å². The highest BCUT2D eigenvalue weighted by Gasteiger charge is 2.50. The quantitative estimate of drug-likeness (QED) is 0.418. The second-order valence-electron chi connectivity index (χ2n) is 6.37. The van der Waals surface area contributed by atoms with Crippen LogP contribution in [-0.4, -0.2) is 72.3 Å². The summed E-state index contributed by atoms with van der Waals surface area (Å²) in [5.41, 5.74) is 0. The highest BCUT2D eigenvalue weighted by atomic mass is 32.1. The summed E-state index contributed by atoms with van der Waals surface area (Å²) in [6.07, 6.45) is -10.2. The van der Waals surface area contributed by atoms with Gasteiger partial charge in [0.1, 0.15) is 19.6 Å². The van der Waals surface area contributed by atoms with E-state index >= 15 is 0 Å². The highest BCUT2D eigenvalue weighted by Crippen LogP contribution is 2.29. The van der Waals surface area contributed by atoms with Crippen LogP contribution in [0.25, 0.3) is 0 Å². The van der Waals surface area contributed by atoms with Crippen LogP contribution >= 0.6 is 11.3 Å². The van der Waals surface area contributed by atoms with Gasteiger partial charge in [-0.3, -0.25) is 14.4 Å². The molecule has 1 aliphatic heterocycles. The number of rotatable bonds is 3. The summed E-state index contributed by atoms with van der Waals surface area (Å²) in [5.74, 6) is -5.08. The molecule has 28 heavy (non-hydrogen) atoms. The lowest BCUT2D eigenvalue weighted by Crippen LogP contribution is -2.64. The van der Waals surface area contributed by atoms with E-state index in [0.29, 0.717) is 11.3 Å². The van der Waals surface area contributed by atoms with Crippen LogP contribution < -0.4 is 0 Å². The number of hydrogen-bond acceptors (Lipinski definition) is 5. The van der Waals surface area contributed by atoms with E-state index in [4.69, 9.17) is 0 Å². The summed E-state index contributed by atoms with van der Waals surface area (Å²) in [5, 5.41) is 0. The average Bonchev–Trinajstić information content (AvgIpc) is 3.04. The largest absolute Gasteiger partial charge is 0.497 e.